The lowest BCUT2D eigenvalue weighted by Crippen LogP contribution is -2.36. The van der Waals surface area contributed by atoms with Crippen molar-refractivity contribution in [2.45, 2.75) is 36.3 Å². The van der Waals surface area contributed by atoms with Crippen molar-refractivity contribution in [2.75, 3.05) is 19.6 Å². The van der Waals surface area contributed by atoms with E-state index in [-0.39, 0.29) is 0 Å². The lowest BCUT2D eigenvalue weighted by Gasteiger charge is -2.34. The average Bonchev–Trinajstić information content (AvgIpc) is 3.93. The van der Waals surface area contributed by atoms with Crippen molar-refractivity contribution in [3.05, 3.63) is 219 Å². The molecule has 3 heterocycles. The van der Waals surface area contributed by atoms with Crippen LogP contribution in [0.25, 0.3) is 0 Å². The van der Waals surface area contributed by atoms with Gasteiger partial charge in [-0.2, -0.15) is 0 Å². The van der Waals surface area contributed by atoms with Crippen molar-refractivity contribution in [3.63, 3.8) is 0 Å². The quantitative estimate of drug-likeness (QED) is 0.249. The van der Waals surface area contributed by atoms with Gasteiger partial charge in [-0.25, -0.2) is 0 Å². The van der Waals surface area contributed by atoms with Gasteiger partial charge in [-0.3, -0.25) is 0 Å². The van der Waals surface area contributed by atoms with E-state index in [1.165, 1.54) is 17.1 Å². The van der Waals surface area contributed by atoms with Crippen molar-refractivity contribution >= 4 is 34.1 Å². The molecule has 4 nitrogen and oxygen atoms in total. The number of fused-ring (bicyclic) bond motifs is 9. The van der Waals surface area contributed by atoms with Crippen molar-refractivity contribution < 1.29 is 0 Å². The maximum atomic E-state index is 2.63. The predicted octanol–water partition coefficient (Wildman–Crippen LogP) is 11.3. The Bertz CT molecular complexity index is 2070. The minimum atomic E-state index is 0.344. The lowest BCUT2D eigenvalue weighted by molar-refractivity contribution is 0.527. The zero-order valence-corrected chi connectivity index (χ0v) is 32.5. The predicted molar refractivity (Wildman–Crippen MR) is 242 cm³/mol. The van der Waals surface area contributed by atoms with Crippen LogP contribution in [0.2, 0.25) is 0 Å². The first-order chi connectivity index (χ1) is 28.8. The summed E-state index contributed by atoms with van der Waals surface area (Å²) in [4.78, 5) is 10.3. The molecule has 12 rings (SSSR count). The fourth-order valence-corrected chi connectivity index (χ4v) is 11.9. The fourth-order valence-electron chi connectivity index (χ4n) is 11.9. The molecule has 0 amide bonds. The van der Waals surface area contributed by atoms with E-state index in [1.807, 2.05) is 0 Å². The van der Waals surface area contributed by atoms with Gasteiger partial charge in [-0.05, 0) is 72.8 Å². The van der Waals surface area contributed by atoms with E-state index in [9.17, 15) is 0 Å². The normalized spacial score (nSPS) is 34.7. The van der Waals surface area contributed by atoms with E-state index in [0.29, 0.717) is 71.8 Å². The second-order valence-electron chi connectivity index (χ2n) is 17.1. The van der Waals surface area contributed by atoms with Gasteiger partial charge in [-0.1, -0.05) is 146 Å². The van der Waals surface area contributed by atoms with Crippen LogP contribution in [0.4, 0.5) is 34.1 Å². The first-order valence-corrected chi connectivity index (χ1v) is 21.4. The SMILES string of the molecule is C1=CC2C3C=CC=CC3N(c3ccc(N(c4ccc(N5C6C=CC=CC6C6C=CC=CC65)cc4)c4ccc(N5C6C=CC=CC6C6C=CC=CC65)cc4)cc3)C2C=C1. The number of allylic oxidation sites excluding steroid dienone is 12. The molecule has 0 N–H and O–H groups in total. The Labute approximate surface area is 342 Å². The molecule has 6 aliphatic carbocycles. The molecule has 3 saturated heterocycles. The van der Waals surface area contributed by atoms with Gasteiger partial charge in [0.15, 0.2) is 0 Å². The largest absolute Gasteiger partial charge is 0.357 e. The highest BCUT2D eigenvalue weighted by molar-refractivity contribution is 5.80. The third-order valence-electron chi connectivity index (χ3n) is 14.4. The molecule has 0 aromatic heterocycles. The van der Waals surface area contributed by atoms with Crippen molar-refractivity contribution in [2.24, 2.45) is 35.5 Å². The smallest absolute Gasteiger partial charge is 0.0551 e. The number of hydrogen-bond acceptors (Lipinski definition) is 4. The van der Waals surface area contributed by atoms with Gasteiger partial charge >= 0.3 is 0 Å². The van der Waals surface area contributed by atoms with E-state index in [4.69, 9.17) is 0 Å². The molecular formula is C54H48N4. The summed E-state index contributed by atoms with van der Waals surface area (Å²) in [6.07, 6.45) is 55.5. The standard InChI is InChI=1S/C54H48N4/c1-7-19-49-43(13-1)44-14-2-8-20-50(44)56(49)40-31-25-37(26-32-40)55(38-27-33-41(34-28-38)57-51-21-9-3-15-45(51)46-16-4-10-22-52(46)57)39-29-35-42(36-30-39)58-53-23-11-5-17-47(53)48-18-6-12-24-54(48)58/h1-36,43-54H. The molecule has 3 aliphatic heterocycles. The third kappa shape index (κ3) is 5.27. The molecule has 0 bridgehead atoms. The Morgan fingerprint density at radius 2 is 0.431 bits per heavy atom. The lowest BCUT2D eigenvalue weighted by atomic mass is 9.83. The molecule has 9 aliphatic rings. The summed E-state index contributed by atoms with van der Waals surface area (Å²) >= 11 is 0. The maximum absolute atomic E-state index is 2.63. The van der Waals surface area contributed by atoms with Crippen LogP contribution in [0.3, 0.4) is 0 Å². The average molecular weight is 753 g/mol. The van der Waals surface area contributed by atoms with Gasteiger partial charge in [0.25, 0.3) is 0 Å². The first kappa shape index (κ1) is 33.8. The molecule has 4 heteroatoms. The minimum absolute atomic E-state index is 0.344. The summed E-state index contributed by atoms with van der Waals surface area (Å²) in [5, 5.41) is 0. The number of anilines is 6. The molecule has 0 spiro atoms. The molecule has 284 valence electrons. The molecule has 3 fully saturated rings. The highest BCUT2D eigenvalue weighted by atomic mass is 15.2. The summed E-state index contributed by atoms with van der Waals surface area (Å²) < 4.78 is 0. The van der Waals surface area contributed by atoms with Crippen LogP contribution in [0.15, 0.2) is 219 Å². The van der Waals surface area contributed by atoms with Crippen LogP contribution >= 0.6 is 0 Å². The van der Waals surface area contributed by atoms with E-state index in [1.54, 1.807) is 0 Å². The topological polar surface area (TPSA) is 13.0 Å². The van der Waals surface area contributed by atoms with Crippen LogP contribution in [0, 0.1) is 35.5 Å². The molecule has 3 aromatic carbocycles. The Kier molecular flexibility index (Phi) is 7.99. The number of rotatable bonds is 6. The van der Waals surface area contributed by atoms with Crippen LogP contribution < -0.4 is 19.6 Å². The first-order valence-electron chi connectivity index (χ1n) is 21.4. The zero-order chi connectivity index (χ0) is 38.2. The van der Waals surface area contributed by atoms with Crippen molar-refractivity contribution in [3.8, 4) is 0 Å². The second-order valence-corrected chi connectivity index (χ2v) is 17.1. The Balaban J connectivity index is 0.905. The maximum Gasteiger partial charge on any atom is 0.0551 e. The Morgan fingerprint density at radius 3 is 0.638 bits per heavy atom. The Hall–Kier alpha value is -6.26. The zero-order valence-electron chi connectivity index (χ0n) is 32.5. The summed E-state index contributed by atoms with van der Waals surface area (Å²) in [5.41, 5.74) is 7.25. The van der Waals surface area contributed by atoms with Gasteiger partial charge in [0.1, 0.15) is 0 Å². The number of benzene rings is 3. The van der Waals surface area contributed by atoms with Crippen LogP contribution in [0.1, 0.15) is 0 Å². The number of hydrogen-bond donors (Lipinski definition) is 0. The van der Waals surface area contributed by atoms with E-state index < -0.39 is 0 Å². The molecular weight excluding hydrogens is 705 g/mol. The summed E-state index contributed by atoms with van der Waals surface area (Å²) in [6, 6.07) is 30.1. The summed E-state index contributed by atoms with van der Waals surface area (Å²) in [5.74, 6) is 2.87. The van der Waals surface area contributed by atoms with Crippen molar-refractivity contribution in [1.29, 1.82) is 0 Å². The third-order valence-corrected chi connectivity index (χ3v) is 14.4. The molecule has 12 atom stereocenters. The monoisotopic (exact) mass is 752 g/mol. The molecule has 12 unspecified atom stereocenters. The van der Waals surface area contributed by atoms with E-state index in [0.717, 1.165) is 17.1 Å². The summed E-state index contributed by atoms with van der Waals surface area (Å²) in [7, 11) is 0. The minimum Gasteiger partial charge on any atom is -0.357 e. The second kappa shape index (κ2) is 13.7. The molecule has 0 radical (unpaired) electrons. The fraction of sp³-hybridized carbons (Fsp3) is 0.222. The molecule has 0 saturated carbocycles. The molecule has 3 aromatic rings. The summed E-state index contributed by atoms with van der Waals surface area (Å²) in [6.45, 7) is 0. The molecule has 58 heavy (non-hydrogen) atoms. The van der Waals surface area contributed by atoms with E-state index >= 15 is 0 Å². The van der Waals surface area contributed by atoms with Crippen LogP contribution in [-0.2, 0) is 0 Å². The Morgan fingerprint density at radius 1 is 0.241 bits per heavy atom. The van der Waals surface area contributed by atoms with Gasteiger partial charge in [0, 0.05) is 69.6 Å². The highest BCUT2D eigenvalue weighted by Crippen LogP contribution is 2.48. The van der Waals surface area contributed by atoms with Crippen LogP contribution in [0.5, 0.6) is 0 Å². The number of nitrogens with zero attached hydrogens (tertiary/aromatic N) is 4. The van der Waals surface area contributed by atoms with Crippen LogP contribution in [-0.4, -0.2) is 36.3 Å². The van der Waals surface area contributed by atoms with Gasteiger partial charge < -0.3 is 19.6 Å². The highest BCUT2D eigenvalue weighted by Gasteiger charge is 2.48. The van der Waals surface area contributed by atoms with Crippen molar-refractivity contribution in [1.82, 2.24) is 0 Å². The van der Waals surface area contributed by atoms with E-state index in [2.05, 4.69) is 238 Å². The van der Waals surface area contributed by atoms with Gasteiger partial charge in [-0.15, -0.1) is 0 Å². The van der Waals surface area contributed by atoms with Gasteiger partial charge in [0.05, 0.1) is 36.3 Å². The van der Waals surface area contributed by atoms with Gasteiger partial charge in [0.2, 0.25) is 0 Å².